The van der Waals surface area contributed by atoms with Gasteiger partial charge in [0, 0.05) is 17.8 Å². The van der Waals surface area contributed by atoms with Crippen molar-refractivity contribution >= 4 is 11.4 Å². The average molecular weight is 206 g/mol. The molecule has 0 bridgehead atoms. The highest BCUT2D eigenvalue weighted by molar-refractivity contribution is 5.61. The Morgan fingerprint density at radius 1 is 1.40 bits per heavy atom. The van der Waals surface area contributed by atoms with Gasteiger partial charge in [0.15, 0.2) is 0 Å². The minimum absolute atomic E-state index is 0.156. The highest BCUT2D eigenvalue weighted by atomic mass is 16.5. The molecule has 0 saturated heterocycles. The largest absolute Gasteiger partial charge is 0.489 e. The molecule has 2 rings (SSSR count). The van der Waals surface area contributed by atoms with Crippen LogP contribution < -0.4 is 15.8 Å². The number of benzene rings is 1. The molecule has 3 heteroatoms. The SMILES string of the molecule is CC(C)Oc1cc(NC2CC2)ccc1N. The Kier molecular flexibility index (Phi) is 2.71. The summed E-state index contributed by atoms with van der Waals surface area (Å²) in [5.41, 5.74) is 7.63. The van der Waals surface area contributed by atoms with Crippen molar-refractivity contribution in [3.63, 3.8) is 0 Å². The van der Waals surface area contributed by atoms with E-state index in [2.05, 4.69) is 5.32 Å². The first-order chi connectivity index (χ1) is 7.15. The van der Waals surface area contributed by atoms with Gasteiger partial charge in [-0.25, -0.2) is 0 Å². The molecule has 1 saturated carbocycles. The van der Waals surface area contributed by atoms with Crippen LogP contribution >= 0.6 is 0 Å². The van der Waals surface area contributed by atoms with Crippen LogP contribution in [-0.4, -0.2) is 12.1 Å². The number of hydrogen-bond acceptors (Lipinski definition) is 3. The van der Waals surface area contributed by atoms with Crippen LogP contribution in [0.15, 0.2) is 18.2 Å². The van der Waals surface area contributed by atoms with E-state index in [1.165, 1.54) is 12.8 Å². The molecule has 1 aromatic rings. The van der Waals surface area contributed by atoms with Gasteiger partial charge in [0.2, 0.25) is 0 Å². The molecule has 0 amide bonds. The first-order valence-corrected chi connectivity index (χ1v) is 5.48. The van der Waals surface area contributed by atoms with E-state index in [0.29, 0.717) is 11.7 Å². The van der Waals surface area contributed by atoms with Crippen LogP contribution in [0.4, 0.5) is 11.4 Å². The molecular formula is C12H18N2O. The number of anilines is 2. The van der Waals surface area contributed by atoms with E-state index in [4.69, 9.17) is 10.5 Å². The van der Waals surface area contributed by atoms with Crippen LogP contribution in [0.2, 0.25) is 0 Å². The van der Waals surface area contributed by atoms with Crippen molar-refractivity contribution in [3.05, 3.63) is 18.2 Å². The van der Waals surface area contributed by atoms with Crippen molar-refractivity contribution in [2.45, 2.75) is 38.8 Å². The zero-order chi connectivity index (χ0) is 10.8. The predicted molar refractivity (Wildman–Crippen MR) is 63.3 cm³/mol. The van der Waals surface area contributed by atoms with E-state index in [1.54, 1.807) is 0 Å². The van der Waals surface area contributed by atoms with Gasteiger partial charge in [0.1, 0.15) is 5.75 Å². The topological polar surface area (TPSA) is 47.3 Å². The molecular weight excluding hydrogens is 188 g/mol. The smallest absolute Gasteiger partial charge is 0.144 e. The molecule has 3 nitrogen and oxygen atoms in total. The number of rotatable bonds is 4. The third-order valence-electron chi connectivity index (χ3n) is 2.32. The van der Waals surface area contributed by atoms with Crippen LogP contribution in [0.25, 0.3) is 0 Å². The van der Waals surface area contributed by atoms with Crippen molar-refractivity contribution in [2.24, 2.45) is 0 Å². The summed E-state index contributed by atoms with van der Waals surface area (Å²) in [5.74, 6) is 0.774. The normalized spacial score (nSPS) is 15.4. The van der Waals surface area contributed by atoms with Gasteiger partial charge in [-0.05, 0) is 38.8 Å². The van der Waals surface area contributed by atoms with Crippen LogP contribution in [-0.2, 0) is 0 Å². The first kappa shape index (κ1) is 10.1. The van der Waals surface area contributed by atoms with Crippen LogP contribution in [0.1, 0.15) is 26.7 Å². The predicted octanol–water partition coefficient (Wildman–Crippen LogP) is 2.63. The molecule has 1 aromatic carbocycles. The summed E-state index contributed by atoms with van der Waals surface area (Å²) in [5, 5.41) is 3.42. The molecule has 1 fully saturated rings. The van der Waals surface area contributed by atoms with Crippen LogP contribution in [0.5, 0.6) is 5.75 Å². The summed E-state index contributed by atoms with van der Waals surface area (Å²) in [6.45, 7) is 4.00. The summed E-state index contributed by atoms with van der Waals surface area (Å²) < 4.78 is 5.62. The zero-order valence-corrected chi connectivity index (χ0v) is 9.29. The molecule has 82 valence electrons. The minimum atomic E-state index is 0.156. The maximum absolute atomic E-state index is 5.83. The van der Waals surface area contributed by atoms with Gasteiger partial charge in [-0.3, -0.25) is 0 Å². The molecule has 0 radical (unpaired) electrons. The van der Waals surface area contributed by atoms with E-state index in [9.17, 15) is 0 Å². The average Bonchev–Trinajstić information content (AvgIpc) is 2.94. The zero-order valence-electron chi connectivity index (χ0n) is 9.29. The lowest BCUT2D eigenvalue weighted by molar-refractivity contribution is 0.244. The summed E-state index contributed by atoms with van der Waals surface area (Å²) in [7, 11) is 0. The number of nitrogens with two attached hydrogens (primary N) is 1. The number of nitrogens with one attached hydrogen (secondary N) is 1. The molecule has 0 atom stereocenters. The molecule has 0 spiro atoms. The number of nitrogen functional groups attached to an aromatic ring is 1. The highest BCUT2D eigenvalue weighted by Gasteiger charge is 2.21. The molecule has 0 aromatic heterocycles. The molecule has 1 aliphatic rings. The van der Waals surface area contributed by atoms with E-state index >= 15 is 0 Å². The quantitative estimate of drug-likeness (QED) is 0.744. The van der Waals surface area contributed by atoms with Crippen molar-refractivity contribution in [1.29, 1.82) is 0 Å². The lowest BCUT2D eigenvalue weighted by Crippen LogP contribution is -2.08. The number of ether oxygens (including phenoxy) is 1. The Hall–Kier alpha value is -1.38. The van der Waals surface area contributed by atoms with Crippen molar-refractivity contribution < 1.29 is 4.74 Å². The standard InChI is InChI=1S/C12H18N2O/c1-8(2)15-12-7-10(5-6-11(12)13)14-9-3-4-9/h5-9,14H,3-4,13H2,1-2H3. The Bertz CT molecular complexity index is 345. The Morgan fingerprint density at radius 3 is 2.73 bits per heavy atom. The second-order valence-electron chi connectivity index (χ2n) is 4.34. The minimum Gasteiger partial charge on any atom is -0.489 e. The Morgan fingerprint density at radius 2 is 2.13 bits per heavy atom. The maximum Gasteiger partial charge on any atom is 0.144 e. The van der Waals surface area contributed by atoms with Gasteiger partial charge in [0.05, 0.1) is 11.8 Å². The highest BCUT2D eigenvalue weighted by Crippen LogP contribution is 2.30. The van der Waals surface area contributed by atoms with E-state index < -0.39 is 0 Å². The second-order valence-corrected chi connectivity index (χ2v) is 4.34. The van der Waals surface area contributed by atoms with E-state index in [0.717, 1.165) is 11.4 Å². The van der Waals surface area contributed by atoms with Crippen molar-refractivity contribution in [1.82, 2.24) is 0 Å². The Labute approximate surface area is 90.6 Å². The van der Waals surface area contributed by atoms with Crippen molar-refractivity contribution in [3.8, 4) is 5.75 Å². The number of hydrogen-bond donors (Lipinski definition) is 2. The van der Waals surface area contributed by atoms with Crippen molar-refractivity contribution in [2.75, 3.05) is 11.1 Å². The molecule has 0 aliphatic heterocycles. The van der Waals surface area contributed by atoms with Gasteiger partial charge in [-0.2, -0.15) is 0 Å². The fraction of sp³-hybridized carbons (Fsp3) is 0.500. The third kappa shape index (κ3) is 2.78. The van der Waals surface area contributed by atoms with Crippen LogP contribution in [0.3, 0.4) is 0 Å². The van der Waals surface area contributed by atoms with Crippen LogP contribution in [0, 0.1) is 0 Å². The second kappa shape index (κ2) is 4.01. The monoisotopic (exact) mass is 206 g/mol. The fourth-order valence-corrected chi connectivity index (χ4v) is 1.44. The molecule has 1 aliphatic carbocycles. The summed E-state index contributed by atoms with van der Waals surface area (Å²) in [6, 6.07) is 6.53. The fourth-order valence-electron chi connectivity index (χ4n) is 1.44. The first-order valence-electron chi connectivity index (χ1n) is 5.48. The summed E-state index contributed by atoms with van der Waals surface area (Å²) in [6.07, 6.45) is 2.69. The lowest BCUT2D eigenvalue weighted by Gasteiger charge is -2.14. The van der Waals surface area contributed by atoms with Gasteiger partial charge in [-0.1, -0.05) is 0 Å². The van der Waals surface area contributed by atoms with Gasteiger partial charge >= 0.3 is 0 Å². The molecule has 0 heterocycles. The Balaban J connectivity index is 2.11. The van der Waals surface area contributed by atoms with Gasteiger partial charge in [0.25, 0.3) is 0 Å². The van der Waals surface area contributed by atoms with Gasteiger partial charge < -0.3 is 15.8 Å². The molecule has 0 unspecified atom stereocenters. The van der Waals surface area contributed by atoms with E-state index in [-0.39, 0.29) is 6.10 Å². The third-order valence-corrected chi connectivity index (χ3v) is 2.32. The summed E-state index contributed by atoms with van der Waals surface area (Å²) in [4.78, 5) is 0. The summed E-state index contributed by atoms with van der Waals surface area (Å²) >= 11 is 0. The lowest BCUT2D eigenvalue weighted by atomic mass is 10.2. The maximum atomic E-state index is 5.83. The molecule has 15 heavy (non-hydrogen) atoms. The van der Waals surface area contributed by atoms with Gasteiger partial charge in [-0.15, -0.1) is 0 Å². The van der Waals surface area contributed by atoms with E-state index in [1.807, 2.05) is 32.0 Å². The molecule has 3 N–H and O–H groups in total.